The lowest BCUT2D eigenvalue weighted by atomic mass is 10.1. The van der Waals surface area contributed by atoms with Crippen molar-refractivity contribution < 1.29 is 61.1 Å². The van der Waals surface area contributed by atoms with Crippen molar-refractivity contribution in [2.45, 2.75) is 24.5 Å². The van der Waals surface area contributed by atoms with Crippen molar-refractivity contribution in [2.75, 3.05) is 18.1 Å². The van der Waals surface area contributed by atoms with E-state index in [9.17, 15) is 28.8 Å². The van der Waals surface area contributed by atoms with Crippen LogP contribution < -0.4 is 16.1 Å². The quantitative estimate of drug-likeness (QED) is 0.0942. The predicted octanol–water partition coefficient (Wildman–Crippen LogP) is -1.77. The molecular formula is C15H19N10O13P3. The summed E-state index contributed by atoms with van der Waals surface area (Å²) in [4.78, 5) is 50.8. The lowest BCUT2D eigenvalue weighted by Gasteiger charge is -2.22. The fraction of sp³-hybridized carbons (Fsp3) is 0.333. The van der Waals surface area contributed by atoms with Crippen molar-refractivity contribution in [3.8, 4) is 0 Å². The van der Waals surface area contributed by atoms with Crippen LogP contribution in [0.5, 0.6) is 0 Å². The molecule has 0 aromatic carbocycles. The Hall–Kier alpha value is -3.17. The monoisotopic (exact) mass is 640 g/mol. The fourth-order valence-corrected chi connectivity index (χ4v) is 7.15. The molecule has 0 aliphatic carbocycles. The largest absolute Gasteiger partial charge is 0.558 e. The first-order valence-electron chi connectivity index (χ1n) is 10.8. The fourth-order valence-electron chi connectivity index (χ4n) is 3.66. The van der Waals surface area contributed by atoms with E-state index in [0.29, 0.717) is 4.73 Å². The first-order valence-corrected chi connectivity index (χ1v) is 15.3. The van der Waals surface area contributed by atoms with E-state index in [-0.39, 0.29) is 34.0 Å². The number of hydrogen-bond acceptors (Lipinski definition) is 18. The Morgan fingerprint density at radius 1 is 0.854 bits per heavy atom. The third-order valence-corrected chi connectivity index (χ3v) is 9.47. The molecule has 4 aromatic rings. The number of fused-ring (bicyclic) bond motifs is 2. The molecule has 0 radical (unpaired) electrons. The molecule has 26 heteroatoms. The minimum absolute atomic E-state index is 0.0296. The van der Waals surface area contributed by atoms with Crippen molar-refractivity contribution in [3.63, 3.8) is 0 Å². The second kappa shape index (κ2) is 10.6. The highest BCUT2D eigenvalue weighted by Crippen LogP contribution is 2.67. The van der Waals surface area contributed by atoms with Crippen LogP contribution in [0.4, 0.5) is 11.6 Å². The summed E-state index contributed by atoms with van der Waals surface area (Å²) in [6.45, 7) is -0.963. The predicted molar refractivity (Wildman–Crippen MR) is 130 cm³/mol. The third-order valence-electron chi connectivity index (χ3n) is 5.33. The van der Waals surface area contributed by atoms with Gasteiger partial charge in [0.15, 0.2) is 29.0 Å². The molecule has 6 atom stereocenters. The molecule has 1 fully saturated rings. The van der Waals surface area contributed by atoms with Crippen molar-refractivity contribution in [1.82, 2.24) is 39.2 Å². The maximum absolute atomic E-state index is 13.5. The summed E-state index contributed by atoms with van der Waals surface area (Å²) in [6.07, 6.45) is -2.05. The molecule has 5 rings (SSSR count). The van der Waals surface area contributed by atoms with Gasteiger partial charge in [0.05, 0.1) is 12.9 Å². The lowest BCUT2D eigenvalue weighted by Crippen LogP contribution is -2.34. The summed E-state index contributed by atoms with van der Waals surface area (Å²) in [5.41, 5.74) is 11.5. The van der Waals surface area contributed by atoms with Gasteiger partial charge in [-0.1, -0.05) is 0 Å². The number of hydrogen-bond donors (Lipinski definition) is 7. The standard InChI is InChI=1S/C15H19N10O13P3/c16-11-7-13(20-2-18-11)24(4-22-7)15-10(27)9(26)6(35-15)1-34-41(33,38-40(31,32)37-39(28,29)30)36-25-5-23-8-12(17)19-3-21-14(8)25/h2-6,9-10,15,26-27H,1H2,(H,31,32)(H2,16,18,20)(H2,17,19,21)(H2,28,29,30)/t6-,9?,10?,15-,41?/m1/s1. The van der Waals surface area contributed by atoms with E-state index in [2.05, 4.69) is 38.5 Å². The zero-order chi connectivity index (χ0) is 29.7. The third kappa shape index (κ3) is 6.06. The van der Waals surface area contributed by atoms with Gasteiger partial charge in [0.1, 0.15) is 42.8 Å². The van der Waals surface area contributed by atoms with Crippen LogP contribution in [0.2, 0.25) is 0 Å². The molecule has 4 unspecified atom stereocenters. The Morgan fingerprint density at radius 3 is 2.12 bits per heavy atom. The van der Waals surface area contributed by atoms with Crippen molar-refractivity contribution >= 4 is 57.4 Å². The Labute approximate surface area is 226 Å². The van der Waals surface area contributed by atoms with Crippen molar-refractivity contribution in [2.24, 2.45) is 0 Å². The van der Waals surface area contributed by atoms with Gasteiger partial charge in [-0.2, -0.15) is 8.62 Å². The summed E-state index contributed by atoms with van der Waals surface area (Å²) in [5.74, 6) is -0.102. The number of anilines is 2. The molecule has 0 spiro atoms. The molecule has 41 heavy (non-hydrogen) atoms. The Morgan fingerprint density at radius 2 is 1.46 bits per heavy atom. The maximum Gasteiger partial charge on any atom is 0.558 e. The van der Waals surface area contributed by atoms with Crippen LogP contribution in [-0.2, 0) is 31.6 Å². The number of rotatable bonds is 10. The van der Waals surface area contributed by atoms with Gasteiger partial charge in [-0.15, -0.1) is 4.73 Å². The molecular weight excluding hydrogens is 621 g/mol. The molecule has 23 nitrogen and oxygen atoms in total. The highest BCUT2D eigenvalue weighted by molar-refractivity contribution is 7.66. The molecule has 5 heterocycles. The number of ether oxygens (including phenoxy) is 1. The minimum Gasteiger partial charge on any atom is -0.387 e. The summed E-state index contributed by atoms with van der Waals surface area (Å²) < 4.78 is 62.4. The average Bonchev–Trinajstić information content (AvgIpc) is 3.54. The first-order chi connectivity index (χ1) is 19.2. The van der Waals surface area contributed by atoms with E-state index < -0.39 is 54.6 Å². The topological polar surface area (TPSA) is 338 Å². The van der Waals surface area contributed by atoms with Crippen molar-refractivity contribution in [1.29, 1.82) is 0 Å². The summed E-state index contributed by atoms with van der Waals surface area (Å²) in [6, 6.07) is 0. The lowest BCUT2D eigenvalue weighted by molar-refractivity contribution is -0.0514. The number of imidazole rings is 2. The smallest absolute Gasteiger partial charge is 0.387 e. The number of nitrogens with two attached hydrogens (primary N) is 2. The Balaban J connectivity index is 1.40. The van der Waals surface area contributed by atoms with Crippen molar-refractivity contribution in [3.05, 3.63) is 25.3 Å². The van der Waals surface area contributed by atoms with E-state index in [0.717, 1.165) is 19.0 Å². The first kappa shape index (κ1) is 29.3. The molecule has 1 saturated heterocycles. The number of aliphatic hydroxyl groups excluding tert-OH is 2. The highest BCUT2D eigenvalue weighted by Gasteiger charge is 2.49. The van der Waals surface area contributed by atoms with Crippen LogP contribution in [0.15, 0.2) is 25.3 Å². The summed E-state index contributed by atoms with van der Waals surface area (Å²) >= 11 is 0. The maximum atomic E-state index is 13.5. The van der Waals surface area contributed by atoms with Crippen LogP contribution in [-0.4, -0.2) is 89.0 Å². The zero-order valence-electron chi connectivity index (χ0n) is 19.9. The van der Waals surface area contributed by atoms with Gasteiger partial charge in [0.2, 0.25) is 5.65 Å². The van der Waals surface area contributed by atoms with Gasteiger partial charge in [-0.05, 0) is 0 Å². The van der Waals surface area contributed by atoms with Gasteiger partial charge < -0.3 is 45.7 Å². The number of nitrogens with zero attached hydrogens (tertiary/aromatic N) is 8. The second-order valence-electron chi connectivity index (χ2n) is 8.08. The van der Waals surface area contributed by atoms with E-state index in [4.69, 9.17) is 35.1 Å². The molecule has 9 N–H and O–H groups in total. The van der Waals surface area contributed by atoms with Gasteiger partial charge in [0.25, 0.3) is 0 Å². The Kier molecular flexibility index (Phi) is 7.57. The van der Waals surface area contributed by atoms with Gasteiger partial charge >= 0.3 is 23.5 Å². The van der Waals surface area contributed by atoms with Crippen LogP contribution in [0, 0.1) is 0 Å². The van der Waals surface area contributed by atoms with Crippen LogP contribution in [0.3, 0.4) is 0 Å². The normalized spacial score (nSPS) is 24.4. The molecule has 0 bridgehead atoms. The van der Waals surface area contributed by atoms with E-state index >= 15 is 0 Å². The van der Waals surface area contributed by atoms with Gasteiger partial charge in [-0.3, -0.25) is 9.09 Å². The number of phosphoric acid groups is 3. The van der Waals surface area contributed by atoms with Gasteiger partial charge in [0, 0.05) is 0 Å². The minimum atomic E-state index is -5.85. The number of nitrogen functional groups attached to an aromatic ring is 2. The second-order valence-corrected chi connectivity index (χ2v) is 12.6. The zero-order valence-corrected chi connectivity index (χ0v) is 22.6. The SMILES string of the molecule is Nc1ncnc2c1ncn2OP(=O)(OC[C@H]1O[C@@H](n2cnc3c(N)ncnc32)C(O)C1O)OP(=O)(O)OP(=O)(O)O. The van der Waals surface area contributed by atoms with E-state index in [1.807, 2.05) is 0 Å². The van der Waals surface area contributed by atoms with E-state index in [1.165, 1.54) is 10.9 Å². The average molecular weight is 640 g/mol. The number of aromatic nitrogens is 8. The molecule has 1 aliphatic rings. The van der Waals surface area contributed by atoms with Crippen LogP contribution in [0.1, 0.15) is 6.23 Å². The number of aliphatic hydroxyl groups is 2. The summed E-state index contributed by atoms with van der Waals surface area (Å²) in [5, 5.41) is 21.2. The molecule has 4 aromatic heterocycles. The van der Waals surface area contributed by atoms with Crippen LogP contribution in [0.25, 0.3) is 22.3 Å². The molecule has 1 aliphatic heterocycles. The highest BCUT2D eigenvalue weighted by atomic mass is 31.3. The molecule has 222 valence electrons. The molecule has 0 amide bonds. The summed E-state index contributed by atoms with van der Waals surface area (Å²) in [7, 11) is -17.0. The van der Waals surface area contributed by atoms with E-state index in [1.54, 1.807) is 0 Å². The van der Waals surface area contributed by atoms with Gasteiger partial charge in [-0.25, -0.2) is 43.6 Å². The molecule has 0 saturated carbocycles. The van der Waals surface area contributed by atoms with Crippen LogP contribution >= 0.6 is 23.5 Å². The Bertz CT molecular complexity index is 1740.